The third-order valence-electron chi connectivity index (χ3n) is 2.58. The molecular formula is C12H24N2O2. The van der Waals surface area contributed by atoms with E-state index >= 15 is 0 Å². The van der Waals surface area contributed by atoms with E-state index in [1.165, 1.54) is 0 Å². The number of amides is 1. The van der Waals surface area contributed by atoms with Gasteiger partial charge in [-0.25, -0.2) is 4.79 Å². The van der Waals surface area contributed by atoms with Crippen molar-refractivity contribution in [2.45, 2.75) is 45.3 Å². The van der Waals surface area contributed by atoms with Crippen molar-refractivity contribution >= 4 is 6.09 Å². The third kappa shape index (κ3) is 4.84. The number of carbonyl (C=O) groups is 1. The SMILES string of the molecule is CN(C)CC1CC(NC(=O)OC(C)(C)C)C1. The van der Waals surface area contributed by atoms with Gasteiger partial charge in [0.15, 0.2) is 0 Å². The lowest BCUT2D eigenvalue weighted by atomic mass is 9.80. The highest BCUT2D eigenvalue weighted by Crippen LogP contribution is 2.27. The Bertz CT molecular complexity index is 240. The summed E-state index contributed by atoms with van der Waals surface area (Å²) in [5.74, 6) is 0.718. The molecule has 1 fully saturated rings. The summed E-state index contributed by atoms with van der Waals surface area (Å²) in [7, 11) is 4.16. The molecule has 0 aromatic heterocycles. The molecule has 4 heteroatoms. The van der Waals surface area contributed by atoms with Crippen molar-refractivity contribution < 1.29 is 9.53 Å². The van der Waals surface area contributed by atoms with Crippen molar-refractivity contribution in [2.24, 2.45) is 5.92 Å². The highest BCUT2D eigenvalue weighted by molar-refractivity contribution is 5.68. The number of nitrogens with zero attached hydrogens (tertiary/aromatic N) is 1. The summed E-state index contributed by atoms with van der Waals surface area (Å²) in [5, 5.41) is 2.90. The minimum atomic E-state index is -0.406. The van der Waals surface area contributed by atoms with Crippen LogP contribution in [0.2, 0.25) is 0 Å². The first-order valence-corrected chi connectivity index (χ1v) is 5.90. The van der Waals surface area contributed by atoms with E-state index < -0.39 is 5.60 Å². The molecule has 0 aromatic carbocycles. The molecule has 1 aliphatic carbocycles. The van der Waals surface area contributed by atoms with Crippen LogP contribution in [0.1, 0.15) is 33.6 Å². The zero-order chi connectivity index (χ0) is 12.3. The lowest BCUT2D eigenvalue weighted by Crippen LogP contribution is -2.48. The van der Waals surface area contributed by atoms with Gasteiger partial charge in [-0.3, -0.25) is 0 Å². The number of hydrogen-bond donors (Lipinski definition) is 1. The molecule has 1 aliphatic rings. The summed E-state index contributed by atoms with van der Waals surface area (Å²) in [5.41, 5.74) is -0.406. The van der Waals surface area contributed by atoms with Crippen LogP contribution < -0.4 is 5.32 Å². The van der Waals surface area contributed by atoms with E-state index in [-0.39, 0.29) is 6.09 Å². The zero-order valence-corrected chi connectivity index (χ0v) is 11.0. The number of ether oxygens (including phenoxy) is 1. The van der Waals surface area contributed by atoms with Crippen LogP contribution in [0.25, 0.3) is 0 Å². The molecule has 0 saturated heterocycles. The minimum absolute atomic E-state index is 0.291. The third-order valence-corrected chi connectivity index (χ3v) is 2.58. The maximum atomic E-state index is 11.4. The van der Waals surface area contributed by atoms with Gasteiger partial charge in [0, 0.05) is 12.6 Å². The Labute approximate surface area is 98.3 Å². The molecule has 16 heavy (non-hydrogen) atoms. The van der Waals surface area contributed by atoms with Crippen LogP contribution >= 0.6 is 0 Å². The van der Waals surface area contributed by atoms with Gasteiger partial charge in [0.2, 0.25) is 0 Å². The van der Waals surface area contributed by atoms with E-state index in [0.29, 0.717) is 6.04 Å². The van der Waals surface area contributed by atoms with E-state index in [1.54, 1.807) is 0 Å². The summed E-state index contributed by atoms with van der Waals surface area (Å²) in [4.78, 5) is 13.6. The number of hydrogen-bond acceptors (Lipinski definition) is 3. The molecule has 0 aliphatic heterocycles. The molecule has 0 radical (unpaired) electrons. The molecule has 4 nitrogen and oxygen atoms in total. The van der Waals surface area contributed by atoms with Crippen LogP contribution in [0.5, 0.6) is 0 Å². The number of nitrogens with one attached hydrogen (secondary N) is 1. The monoisotopic (exact) mass is 228 g/mol. The normalized spacial score (nSPS) is 25.1. The summed E-state index contributed by atoms with van der Waals surface area (Å²) in [6.07, 6.45) is 1.84. The molecule has 0 heterocycles. The maximum Gasteiger partial charge on any atom is 0.407 e. The predicted octanol–water partition coefficient (Wildman–Crippen LogP) is 1.85. The summed E-state index contributed by atoms with van der Waals surface area (Å²) < 4.78 is 5.20. The van der Waals surface area contributed by atoms with Gasteiger partial charge in [-0.2, -0.15) is 0 Å². The fourth-order valence-electron chi connectivity index (χ4n) is 1.99. The van der Waals surface area contributed by atoms with Crippen LogP contribution in [0, 0.1) is 5.92 Å². The van der Waals surface area contributed by atoms with E-state index in [1.807, 2.05) is 20.8 Å². The molecule has 0 spiro atoms. The summed E-state index contributed by atoms with van der Waals surface area (Å²) in [6, 6.07) is 0.305. The van der Waals surface area contributed by atoms with Crippen molar-refractivity contribution in [1.29, 1.82) is 0 Å². The molecule has 0 aromatic rings. The van der Waals surface area contributed by atoms with E-state index in [4.69, 9.17) is 4.74 Å². The maximum absolute atomic E-state index is 11.4. The van der Waals surface area contributed by atoms with Crippen molar-refractivity contribution in [3.63, 3.8) is 0 Å². The van der Waals surface area contributed by atoms with Crippen molar-refractivity contribution in [3.05, 3.63) is 0 Å². The molecule has 0 atom stereocenters. The van der Waals surface area contributed by atoms with Gasteiger partial charge in [-0.1, -0.05) is 0 Å². The zero-order valence-electron chi connectivity index (χ0n) is 11.0. The highest BCUT2D eigenvalue weighted by Gasteiger charge is 2.31. The first-order valence-electron chi connectivity index (χ1n) is 5.90. The Morgan fingerprint density at radius 1 is 1.38 bits per heavy atom. The Morgan fingerprint density at radius 2 is 1.94 bits per heavy atom. The molecule has 1 amide bonds. The summed E-state index contributed by atoms with van der Waals surface area (Å²) >= 11 is 0. The lowest BCUT2D eigenvalue weighted by Gasteiger charge is -2.37. The van der Waals surface area contributed by atoms with Gasteiger partial charge in [-0.05, 0) is 53.6 Å². The molecule has 1 saturated carbocycles. The topological polar surface area (TPSA) is 41.6 Å². The van der Waals surface area contributed by atoms with Gasteiger partial charge in [0.1, 0.15) is 5.60 Å². The Morgan fingerprint density at radius 3 is 2.38 bits per heavy atom. The molecule has 0 bridgehead atoms. The molecular weight excluding hydrogens is 204 g/mol. The number of carbonyl (C=O) groups excluding carboxylic acids is 1. The van der Waals surface area contributed by atoms with Gasteiger partial charge in [-0.15, -0.1) is 0 Å². The van der Waals surface area contributed by atoms with Crippen molar-refractivity contribution in [3.8, 4) is 0 Å². The van der Waals surface area contributed by atoms with Crippen molar-refractivity contribution in [2.75, 3.05) is 20.6 Å². The molecule has 1 rings (SSSR count). The van der Waals surface area contributed by atoms with Gasteiger partial charge < -0.3 is 15.0 Å². The highest BCUT2D eigenvalue weighted by atomic mass is 16.6. The second-order valence-electron chi connectivity index (χ2n) is 5.94. The van der Waals surface area contributed by atoms with Crippen LogP contribution in [-0.2, 0) is 4.74 Å². The van der Waals surface area contributed by atoms with E-state index in [2.05, 4.69) is 24.3 Å². The minimum Gasteiger partial charge on any atom is -0.444 e. The molecule has 1 N–H and O–H groups in total. The fraction of sp³-hybridized carbons (Fsp3) is 0.917. The Balaban J connectivity index is 2.15. The fourth-order valence-corrected chi connectivity index (χ4v) is 1.99. The average Bonchev–Trinajstić information content (AvgIpc) is 1.95. The molecule has 94 valence electrons. The number of alkyl carbamates (subject to hydrolysis) is 1. The van der Waals surface area contributed by atoms with Crippen LogP contribution in [0.3, 0.4) is 0 Å². The van der Waals surface area contributed by atoms with Crippen LogP contribution in [-0.4, -0.2) is 43.3 Å². The second-order valence-corrected chi connectivity index (χ2v) is 5.94. The predicted molar refractivity (Wildman–Crippen MR) is 64.4 cm³/mol. The van der Waals surface area contributed by atoms with Crippen LogP contribution in [0.15, 0.2) is 0 Å². The van der Waals surface area contributed by atoms with E-state index in [9.17, 15) is 4.79 Å². The van der Waals surface area contributed by atoms with Gasteiger partial charge in [0.25, 0.3) is 0 Å². The Kier molecular flexibility index (Phi) is 4.19. The Hall–Kier alpha value is -0.770. The van der Waals surface area contributed by atoms with E-state index in [0.717, 1.165) is 25.3 Å². The quantitative estimate of drug-likeness (QED) is 0.801. The molecule has 0 unspecified atom stereocenters. The standard InChI is InChI=1S/C12H24N2O2/c1-12(2,3)16-11(15)13-10-6-9(7-10)8-14(4)5/h9-10H,6-8H2,1-5H3,(H,13,15). The van der Waals surface area contributed by atoms with Crippen LogP contribution in [0.4, 0.5) is 4.79 Å². The van der Waals surface area contributed by atoms with Gasteiger partial charge >= 0.3 is 6.09 Å². The summed E-state index contributed by atoms with van der Waals surface area (Å²) in [6.45, 7) is 6.74. The first kappa shape index (κ1) is 13.3. The first-order chi connectivity index (χ1) is 7.26. The lowest BCUT2D eigenvalue weighted by molar-refractivity contribution is 0.0442. The number of rotatable bonds is 3. The smallest absolute Gasteiger partial charge is 0.407 e. The average molecular weight is 228 g/mol. The largest absolute Gasteiger partial charge is 0.444 e. The second kappa shape index (κ2) is 5.04. The van der Waals surface area contributed by atoms with Gasteiger partial charge in [0.05, 0.1) is 0 Å². The van der Waals surface area contributed by atoms with Crippen molar-refractivity contribution in [1.82, 2.24) is 10.2 Å².